The van der Waals surface area contributed by atoms with Gasteiger partial charge in [-0.2, -0.15) is 13.2 Å². The molecule has 0 fully saturated rings. The van der Waals surface area contributed by atoms with Gasteiger partial charge in [-0.05, 0) is 23.8 Å². The monoisotopic (exact) mass is 502 g/mol. The highest BCUT2D eigenvalue weighted by molar-refractivity contribution is 8.01. The standard InChI is InChI=1S/C19H14ClF3N4O3S2/c20-12-6-7-13(19(21,22)23)14(8-12)24-15(28)10-31-18-27-26-16(32-18)25-17(29)30-9-11-4-2-1-3-5-11/h1-8H,9-10H2,(H,24,28)(H,25,26,29). The Labute approximate surface area is 193 Å². The second-order valence-corrected chi connectivity index (χ2v) is 8.72. The van der Waals surface area contributed by atoms with Crippen LogP contribution in [0.5, 0.6) is 0 Å². The van der Waals surface area contributed by atoms with Gasteiger partial charge in [-0.3, -0.25) is 10.1 Å². The minimum atomic E-state index is -4.64. The Balaban J connectivity index is 1.49. The fourth-order valence-corrected chi connectivity index (χ4v) is 4.06. The molecule has 3 rings (SSSR count). The van der Waals surface area contributed by atoms with Crippen molar-refractivity contribution in [3.63, 3.8) is 0 Å². The van der Waals surface area contributed by atoms with E-state index in [9.17, 15) is 22.8 Å². The number of carbonyl (C=O) groups is 2. The normalized spacial score (nSPS) is 11.1. The molecule has 168 valence electrons. The van der Waals surface area contributed by atoms with E-state index in [1.165, 1.54) is 0 Å². The van der Waals surface area contributed by atoms with Crippen LogP contribution in [0.25, 0.3) is 0 Å². The molecule has 13 heteroatoms. The zero-order valence-corrected chi connectivity index (χ0v) is 18.4. The largest absolute Gasteiger partial charge is 0.444 e. The molecule has 0 unspecified atom stereocenters. The third-order valence-corrected chi connectivity index (χ3v) is 5.92. The van der Waals surface area contributed by atoms with Gasteiger partial charge in [0.2, 0.25) is 11.0 Å². The van der Waals surface area contributed by atoms with Crippen LogP contribution in [0.15, 0.2) is 52.9 Å². The zero-order valence-electron chi connectivity index (χ0n) is 16.0. The number of benzene rings is 2. The van der Waals surface area contributed by atoms with E-state index in [-0.39, 0.29) is 22.5 Å². The quantitative estimate of drug-likeness (QED) is 0.318. The highest BCUT2D eigenvalue weighted by Gasteiger charge is 2.34. The molecule has 0 aliphatic heterocycles. The van der Waals surface area contributed by atoms with Gasteiger partial charge in [0.1, 0.15) is 6.61 Å². The maximum atomic E-state index is 13.1. The Morgan fingerprint density at radius 2 is 1.84 bits per heavy atom. The number of hydrogen-bond acceptors (Lipinski definition) is 7. The smallest absolute Gasteiger partial charge is 0.418 e. The first-order valence-electron chi connectivity index (χ1n) is 8.81. The number of alkyl halides is 3. The summed E-state index contributed by atoms with van der Waals surface area (Å²) in [4.78, 5) is 23.9. The summed E-state index contributed by atoms with van der Waals surface area (Å²) in [6.07, 6.45) is -5.37. The van der Waals surface area contributed by atoms with E-state index in [1.807, 2.05) is 18.2 Å². The van der Waals surface area contributed by atoms with Gasteiger partial charge < -0.3 is 10.1 Å². The topological polar surface area (TPSA) is 93.2 Å². The highest BCUT2D eigenvalue weighted by atomic mass is 35.5. The Morgan fingerprint density at radius 3 is 2.56 bits per heavy atom. The van der Waals surface area contributed by atoms with Crippen LogP contribution < -0.4 is 10.6 Å². The lowest BCUT2D eigenvalue weighted by atomic mass is 10.1. The summed E-state index contributed by atoms with van der Waals surface area (Å²) in [6.45, 7) is 0.0800. The number of thioether (sulfide) groups is 1. The molecule has 3 aromatic rings. The van der Waals surface area contributed by atoms with Gasteiger partial charge in [0.15, 0.2) is 4.34 Å². The molecule has 0 aliphatic carbocycles. The summed E-state index contributed by atoms with van der Waals surface area (Å²) in [5.74, 6) is -0.911. The van der Waals surface area contributed by atoms with E-state index in [4.69, 9.17) is 16.3 Å². The average Bonchev–Trinajstić information content (AvgIpc) is 3.18. The maximum Gasteiger partial charge on any atom is 0.418 e. The molecular weight excluding hydrogens is 489 g/mol. The molecule has 1 aromatic heterocycles. The van der Waals surface area contributed by atoms with Gasteiger partial charge in [0.05, 0.1) is 17.0 Å². The zero-order chi connectivity index (χ0) is 23.1. The Morgan fingerprint density at radius 1 is 1.09 bits per heavy atom. The fourth-order valence-electron chi connectivity index (χ4n) is 2.35. The molecule has 0 aliphatic rings. The van der Waals surface area contributed by atoms with Gasteiger partial charge in [-0.25, -0.2) is 4.79 Å². The molecule has 7 nitrogen and oxygen atoms in total. The van der Waals surface area contributed by atoms with Crippen LogP contribution in [0.3, 0.4) is 0 Å². The molecule has 0 spiro atoms. The van der Waals surface area contributed by atoms with E-state index in [2.05, 4.69) is 20.8 Å². The number of ether oxygens (including phenoxy) is 1. The number of anilines is 2. The number of hydrogen-bond donors (Lipinski definition) is 2. The van der Waals surface area contributed by atoms with Crippen molar-refractivity contribution in [3.05, 3.63) is 64.7 Å². The molecule has 0 saturated carbocycles. The van der Waals surface area contributed by atoms with Crippen molar-refractivity contribution in [1.29, 1.82) is 0 Å². The van der Waals surface area contributed by atoms with E-state index in [0.717, 1.165) is 46.9 Å². The summed E-state index contributed by atoms with van der Waals surface area (Å²) in [5, 5.41) is 12.4. The Hall–Kier alpha value is -2.83. The highest BCUT2D eigenvalue weighted by Crippen LogP contribution is 2.36. The molecule has 2 aromatic carbocycles. The number of nitrogens with zero attached hydrogens (tertiary/aromatic N) is 2. The number of amides is 2. The minimum Gasteiger partial charge on any atom is -0.444 e. The van der Waals surface area contributed by atoms with E-state index >= 15 is 0 Å². The van der Waals surface area contributed by atoms with Gasteiger partial charge in [-0.15, -0.1) is 10.2 Å². The number of carbonyl (C=O) groups excluding carboxylic acids is 2. The van der Waals surface area contributed by atoms with Crippen molar-refractivity contribution in [1.82, 2.24) is 10.2 Å². The lowest BCUT2D eigenvalue weighted by molar-refractivity contribution is -0.137. The van der Waals surface area contributed by atoms with Crippen molar-refractivity contribution in [2.24, 2.45) is 0 Å². The van der Waals surface area contributed by atoms with Gasteiger partial charge in [0.25, 0.3) is 0 Å². The summed E-state index contributed by atoms with van der Waals surface area (Å²) in [6, 6.07) is 12.0. The summed E-state index contributed by atoms with van der Waals surface area (Å²) >= 11 is 7.68. The molecule has 0 bridgehead atoms. The second kappa shape index (κ2) is 10.7. The van der Waals surface area contributed by atoms with Crippen LogP contribution in [0.4, 0.5) is 28.8 Å². The first-order chi connectivity index (χ1) is 15.2. The molecule has 1 heterocycles. The number of halogens is 4. The summed E-state index contributed by atoms with van der Waals surface area (Å²) in [7, 11) is 0. The first kappa shape index (κ1) is 23.8. The van der Waals surface area contributed by atoms with Crippen LogP contribution in [0.2, 0.25) is 5.02 Å². The fraction of sp³-hybridized carbons (Fsp3) is 0.158. The SMILES string of the molecule is O=C(CSc1nnc(NC(=O)OCc2ccccc2)s1)Nc1cc(Cl)ccc1C(F)(F)F. The van der Waals surface area contributed by atoms with Crippen molar-refractivity contribution < 1.29 is 27.5 Å². The molecule has 2 amide bonds. The van der Waals surface area contributed by atoms with Crippen molar-refractivity contribution in [3.8, 4) is 0 Å². The van der Waals surface area contributed by atoms with Gasteiger partial charge in [-0.1, -0.05) is 65.0 Å². The molecule has 0 saturated heterocycles. The lowest BCUT2D eigenvalue weighted by Crippen LogP contribution is -2.18. The maximum absolute atomic E-state index is 13.1. The van der Waals surface area contributed by atoms with Crippen LogP contribution in [0.1, 0.15) is 11.1 Å². The number of rotatable bonds is 7. The summed E-state index contributed by atoms with van der Waals surface area (Å²) in [5.41, 5.74) is -0.622. The second-order valence-electron chi connectivity index (χ2n) is 6.08. The Bertz CT molecular complexity index is 1100. The third kappa shape index (κ3) is 7.11. The number of aromatic nitrogens is 2. The minimum absolute atomic E-state index is 0.0555. The van der Waals surface area contributed by atoms with E-state index in [1.54, 1.807) is 12.1 Å². The Kier molecular flexibility index (Phi) is 7.94. The van der Waals surface area contributed by atoms with E-state index < -0.39 is 29.4 Å². The predicted molar refractivity (Wildman–Crippen MR) is 116 cm³/mol. The third-order valence-electron chi connectivity index (χ3n) is 3.72. The van der Waals surface area contributed by atoms with Gasteiger partial charge >= 0.3 is 12.3 Å². The van der Waals surface area contributed by atoms with Crippen LogP contribution in [-0.2, 0) is 22.3 Å². The van der Waals surface area contributed by atoms with Crippen molar-refractivity contribution in [2.45, 2.75) is 17.1 Å². The van der Waals surface area contributed by atoms with Crippen molar-refractivity contribution >= 4 is 57.5 Å². The average molecular weight is 503 g/mol. The van der Waals surface area contributed by atoms with Crippen LogP contribution >= 0.6 is 34.7 Å². The molecule has 0 radical (unpaired) electrons. The van der Waals surface area contributed by atoms with Crippen molar-refractivity contribution in [2.75, 3.05) is 16.4 Å². The predicted octanol–water partition coefficient (Wildman–Crippen LogP) is 5.69. The molecule has 0 atom stereocenters. The lowest BCUT2D eigenvalue weighted by Gasteiger charge is -2.13. The van der Waals surface area contributed by atoms with E-state index in [0.29, 0.717) is 4.34 Å². The number of nitrogens with one attached hydrogen (secondary N) is 2. The van der Waals surface area contributed by atoms with Gasteiger partial charge in [0, 0.05) is 5.02 Å². The molecular formula is C19H14ClF3N4O3S2. The van der Waals surface area contributed by atoms with Crippen LogP contribution in [0, 0.1) is 0 Å². The summed E-state index contributed by atoms with van der Waals surface area (Å²) < 4.78 is 44.6. The van der Waals surface area contributed by atoms with Crippen LogP contribution in [-0.4, -0.2) is 28.0 Å². The first-order valence-corrected chi connectivity index (χ1v) is 11.0. The molecule has 32 heavy (non-hydrogen) atoms. The molecule has 2 N–H and O–H groups in total.